The van der Waals surface area contributed by atoms with Crippen molar-refractivity contribution in [3.05, 3.63) is 29.3 Å². The first-order chi connectivity index (χ1) is 9.23. The molecule has 0 aliphatic rings. The molecule has 0 heterocycles. The van der Waals surface area contributed by atoms with Gasteiger partial charge in [-0.2, -0.15) is 0 Å². The average Bonchev–Trinajstić information content (AvgIpc) is 2.29. The zero-order valence-electron chi connectivity index (χ0n) is 12.4. The summed E-state index contributed by atoms with van der Waals surface area (Å²) in [4.78, 5) is 12.0. The molecule has 0 aliphatic carbocycles. The Morgan fingerprint density at radius 1 is 1.35 bits per heavy atom. The highest BCUT2D eigenvalue weighted by molar-refractivity contribution is 7.90. The molecule has 0 saturated heterocycles. The molecule has 1 aromatic carbocycles. The van der Waals surface area contributed by atoms with E-state index < -0.39 is 15.9 Å². The number of rotatable bonds is 6. The molecule has 0 radical (unpaired) electrons. The SMILES string of the molecule is CCNc1ccc(C(=O)NC(C)CS(C)(=O)=O)cc1C. The largest absolute Gasteiger partial charge is 0.385 e. The predicted octanol–water partition coefficient (Wildman–Crippen LogP) is 1.59. The number of nitrogens with one attached hydrogen (secondary N) is 2. The van der Waals surface area contributed by atoms with Crippen LogP contribution in [0.1, 0.15) is 29.8 Å². The van der Waals surface area contributed by atoms with Crippen LogP contribution < -0.4 is 10.6 Å². The number of carbonyl (C=O) groups excluding carboxylic acids is 1. The molecule has 1 unspecified atom stereocenters. The van der Waals surface area contributed by atoms with Crippen molar-refractivity contribution in [1.29, 1.82) is 0 Å². The summed E-state index contributed by atoms with van der Waals surface area (Å²) < 4.78 is 22.3. The summed E-state index contributed by atoms with van der Waals surface area (Å²) in [7, 11) is -3.10. The molecule has 0 aliphatic heterocycles. The molecule has 2 N–H and O–H groups in total. The summed E-state index contributed by atoms with van der Waals surface area (Å²) in [5.41, 5.74) is 2.51. The van der Waals surface area contributed by atoms with E-state index in [1.165, 1.54) is 0 Å². The van der Waals surface area contributed by atoms with Crippen molar-refractivity contribution >= 4 is 21.4 Å². The molecule has 1 amide bonds. The van der Waals surface area contributed by atoms with Crippen LogP contribution in [0.2, 0.25) is 0 Å². The first-order valence-electron chi connectivity index (χ1n) is 6.56. The van der Waals surface area contributed by atoms with Gasteiger partial charge in [-0.15, -0.1) is 0 Å². The van der Waals surface area contributed by atoms with E-state index in [1.54, 1.807) is 19.1 Å². The lowest BCUT2D eigenvalue weighted by atomic mass is 10.1. The Balaban J connectivity index is 2.75. The number of anilines is 1. The minimum Gasteiger partial charge on any atom is -0.385 e. The van der Waals surface area contributed by atoms with Gasteiger partial charge in [0.25, 0.3) is 5.91 Å². The summed E-state index contributed by atoms with van der Waals surface area (Å²) in [6, 6.07) is 4.97. The van der Waals surface area contributed by atoms with Gasteiger partial charge in [0.05, 0.1) is 5.75 Å². The highest BCUT2D eigenvalue weighted by Crippen LogP contribution is 2.16. The lowest BCUT2D eigenvalue weighted by Gasteiger charge is -2.14. The zero-order chi connectivity index (χ0) is 15.3. The van der Waals surface area contributed by atoms with E-state index in [9.17, 15) is 13.2 Å². The van der Waals surface area contributed by atoms with Crippen LogP contribution >= 0.6 is 0 Å². The molecular formula is C14H22N2O3S. The molecule has 1 aromatic rings. The number of carbonyl (C=O) groups is 1. The van der Waals surface area contributed by atoms with E-state index in [0.717, 1.165) is 24.1 Å². The van der Waals surface area contributed by atoms with Crippen LogP contribution in [0.3, 0.4) is 0 Å². The molecule has 20 heavy (non-hydrogen) atoms. The van der Waals surface area contributed by atoms with Crippen LogP contribution in [0.4, 0.5) is 5.69 Å². The van der Waals surface area contributed by atoms with Crippen LogP contribution in [-0.4, -0.2) is 38.9 Å². The van der Waals surface area contributed by atoms with Crippen molar-refractivity contribution in [3.63, 3.8) is 0 Å². The maximum Gasteiger partial charge on any atom is 0.251 e. The molecular weight excluding hydrogens is 276 g/mol. The van der Waals surface area contributed by atoms with Gasteiger partial charge in [-0.25, -0.2) is 8.42 Å². The van der Waals surface area contributed by atoms with Gasteiger partial charge in [0.15, 0.2) is 0 Å². The Morgan fingerprint density at radius 2 is 2.00 bits per heavy atom. The molecule has 1 rings (SSSR count). The maximum absolute atomic E-state index is 12.0. The molecule has 5 nitrogen and oxygen atoms in total. The van der Waals surface area contributed by atoms with Crippen molar-refractivity contribution in [2.45, 2.75) is 26.8 Å². The van der Waals surface area contributed by atoms with E-state index >= 15 is 0 Å². The highest BCUT2D eigenvalue weighted by atomic mass is 32.2. The van der Waals surface area contributed by atoms with Gasteiger partial charge in [-0.05, 0) is 44.5 Å². The van der Waals surface area contributed by atoms with Crippen LogP contribution in [0.25, 0.3) is 0 Å². The molecule has 0 fully saturated rings. The molecule has 0 aromatic heterocycles. The second kappa shape index (κ2) is 6.74. The maximum atomic E-state index is 12.0. The van der Waals surface area contributed by atoms with Crippen LogP contribution in [0.15, 0.2) is 18.2 Å². The third-order valence-electron chi connectivity index (χ3n) is 2.79. The standard InChI is InChI=1S/C14H22N2O3S/c1-5-15-13-7-6-12(8-10(13)2)14(17)16-11(3)9-20(4,18)19/h6-8,11,15H,5,9H2,1-4H3,(H,16,17). The summed E-state index contributed by atoms with van der Waals surface area (Å²) in [6.45, 7) is 6.43. The minimum absolute atomic E-state index is 0.0623. The van der Waals surface area contributed by atoms with Gasteiger partial charge in [0.2, 0.25) is 0 Å². The van der Waals surface area contributed by atoms with E-state index in [2.05, 4.69) is 10.6 Å². The van der Waals surface area contributed by atoms with Crippen molar-refractivity contribution in [2.24, 2.45) is 0 Å². The van der Waals surface area contributed by atoms with Crippen molar-refractivity contribution in [2.75, 3.05) is 23.9 Å². The van der Waals surface area contributed by atoms with Crippen LogP contribution in [0, 0.1) is 6.92 Å². The van der Waals surface area contributed by atoms with Crippen molar-refractivity contribution < 1.29 is 13.2 Å². The average molecular weight is 298 g/mol. The Morgan fingerprint density at radius 3 is 2.50 bits per heavy atom. The summed E-state index contributed by atoms with van der Waals surface area (Å²) in [6.07, 6.45) is 1.16. The number of hydrogen-bond donors (Lipinski definition) is 2. The monoisotopic (exact) mass is 298 g/mol. The Bertz CT molecular complexity index is 582. The van der Waals surface area contributed by atoms with Crippen molar-refractivity contribution in [1.82, 2.24) is 5.32 Å². The predicted molar refractivity (Wildman–Crippen MR) is 82.0 cm³/mol. The van der Waals surface area contributed by atoms with Crippen LogP contribution in [0.5, 0.6) is 0 Å². The number of aryl methyl sites for hydroxylation is 1. The van der Waals surface area contributed by atoms with Gasteiger partial charge in [0, 0.05) is 30.1 Å². The fourth-order valence-electron chi connectivity index (χ4n) is 2.00. The van der Waals surface area contributed by atoms with Gasteiger partial charge in [0.1, 0.15) is 9.84 Å². The van der Waals surface area contributed by atoms with Gasteiger partial charge in [-0.1, -0.05) is 0 Å². The second-order valence-electron chi connectivity index (χ2n) is 5.03. The van der Waals surface area contributed by atoms with Gasteiger partial charge in [-0.3, -0.25) is 4.79 Å². The summed E-state index contributed by atoms with van der Waals surface area (Å²) >= 11 is 0. The summed E-state index contributed by atoms with van der Waals surface area (Å²) in [5.74, 6) is -0.319. The lowest BCUT2D eigenvalue weighted by molar-refractivity contribution is 0.0943. The number of hydrogen-bond acceptors (Lipinski definition) is 4. The molecule has 1 atom stereocenters. The fourth-order valence-corrected chi connectivity index (χ4v) is 2.99. The normalized spacial score (nSPS) is 12.8. The lowest BCUT2D eigenvalue weighted by Crippen LogP contribution is -2.37. The number of amides is 1. The molecule has 0 spiro atoms. The Hall–Kier alpha value is -1.56. The van der Waals surface area contributed by atoms with E-state index in [4.69, 9.17) is 0 Å². The molecule has 0 saturated carbocycles. The third-order valence-corrected chi connectivity index (χ3v) is 3.89. The number of benzene rings is 1. The van der Waals surface area contributed by atoms with Gasteiger partial charge >= 0.3 is 0 Å². The number of sulfone groups is 1. The van der Waals surface area contributed by atoms with Crippen molar-refractivity contribution in [3.8, 4) is 0 Å². The third kappa shape index (κ3) is 5.21. The molecule has 0 bridgehead atoms. The van der Waals surface area contributed by atoms with E-state index in [-0.39, 0.29) is 11.7 Å². The molecule has 112 valence electrons. The molecule has 6 heteroatoms. The smallest absolute Gasteiger partial charge is 0.251 e. The first-order valence-corrected chi connectivity index (χ1v) is 8.62. The van der Waals surface area contributed by atoms with E-state index in [0.29, 0.717) is 5.56 Å². The fraction of sp³-hybridized carbons (Fsp3) is 0.500. The van der Waals surface area contributed by atoms with Crippen LogP contribution in [-0.2, 0) is 9.84 Å². The van der Waals surface area contributed by atoms with E-state index in [1.807, 2.05) is 19.9 Å². The Labute approximate surface area is 120 Å². The zero-order valence-corrected chi connectivity index (χ0v) is 13.2. The summed E-state index contributed by atoms with van der Waals surface area (Å²) in [5, 5.41) is 5.90. The quantitative estimate of drug-likeness (QED) is 0.836. The minimum atomic E-state index is -3.10. The second-order valence-corrected chi connectivity index (χ2v) is 7.21. The Kier molecular flexibility index (Phi) is 5.56. The highest BCUT2D eigenvalue weighted by Gasteiger charge is 2.14. The van der Waals surface area contributed by atoms with Gasteiger partial charge < -0.3 is 10.6 Å². The topological polar surface area (TPSA) is 75.3 Å². The first kappa shape index (κ1) is 16.5.